The molecule has 0 amide bonds. The van der Waals surface area contributed by atoms with Crippen molar-refractivity contribution in [2.45, 2.75) is 81.3 Å². The van der Waals surface area contributed by atoms with Crippen LogP contribution < -0.4 is 5.73 Å². The standard InChI is InChI=1S/C16H26N4O/c1-20-13-5-6-14(20)9-11(8-13)15-18-16(21-19-15)10-3-2-4-12(17)7-10/h10-14H,2-9,17H2,1H3. The predicted molar refractivity (Wildman–Crippen MR) is 80.0 cm³/mol. The van der Waals surface area contributed by atoms with Crippen LogP contribution in [0, 0.1) is 0 Å². The second kappa shape index (κ2) is 5.36. The van der Waals surface area contributed by atoms with Gasteiger partial charge in [-0.2, -0.15) is 4.98 Å². The van der Waals surface area contributed by atoms with Gasteiger partial charge in [-0.25, -0.2) is 0 Å². The average molecular weight is 290 g/mol. The molecule has 2 saturated heterocycles. The highest BCUT2D eigenvalue weighted by Gasteiger charge is 2.40. The first-order valence-corrected chi connectivity index (χ1v) is 8.51. The Bertz CT molecular complexity index is 488. The molecule has 1 saturated carbocycles. The monoisotopic (exact) mass is 290 g/mol. The van der Waals surface area contributed by atoms with Gasteiger partial charge >= 0.3 is 0 Å². The van der Waals surface area contributed by atoms with Crippen molar-refractivity contribution >= 4 is 0 Å². The van der Waals surface area contributed by atoms with E-state index in [1.165, 1.54) is 32.1 Å². The van der Waals surface area contributed by atoms with Gasteiger partial charge in [-0.05, 0) is 52.0 Å². The van der Waals surface area contributed by atoms with E-state index in [1.807, 2.05) is 0 Å². The second-order valence-corrected chi connectivity index (χ2v) is 7.33. The van der Waals surface area contributed by atoms with Crippen molar-refractivity contribution in [3.05, 3.63) is 11.7 Å². The predicted octanol–water partition coefficient (Wildman–Crippen LogP) is 2.39. The molecule has 0 spiro atoms. The number of piperidine rings is 1. The fourth-order valence-electron chi connectivity index (χ4n) is 4.65. The van der Waals surface area contributed by atoms with E-state index >= 15 is 0 Å². The molecule has 0 aromatic carbocycles. The van der Waals surface area contributed by atoms with Crippen molar-refractivity contribution in [1.82, 2.24) is 15.0 Å². The maximum absolute atomic E-state index is 6.08. The minimum Gasteiger partial charge on any atom is -0.339 e. The van der Waals surface area contributed by atoms with Crippen LogP contribution in [-0.4, -0.2) is 40.2 Å². The number of rotatable bonds is 2. The van der Waals surface area contributed by atoms with E-state index in [9.17, 15) is 0 Å². The Balaban J connectivity index is 1.47. The first kappa shape index (κ1) is 13.7. The van der Waals surface area contributed by atoms with E-state index in [-0.39, 0.29) is 0 Å². The van der Waals surface area contributed by atoms with Crippen molar-refractivity contribution in [1.29, 1.82) is 0 Å². The fourth-order valence-corrected chi connectivity index (χ4v) is 4.65. The number of fused-ring (bicyclic) bond motifs is 2. The Morgan fingerprint density at radius 1 is 1.05 bits per heavy atom. The van der Waals surface area contributed by atoms with E-state index in [0.717, 1.165) is 43.1 Å². The van der Waals surface area contributed by atoms with Gasteiger partial charge in [0.2, 0.25) is 5.89 Å². The molecule has 3 aliphatic rings. The summed E-state index contributed by atoms with van der Waals surface area (Å²) in [5.41, 5.74) is 6.08. The molecule has 3 fully saturated rings. The number of nitrogens with zero attached hydrogens (tertiary/aromatic N) is 3. The lowest BCUT2D eigenvalue weighted by atomic mass is 9.86. The van der Waals surface area contributed by atoms with Crippen LogP contribution >= 0.6 is 0 Å². The van der Waals surface area contributed by atoms with Crippen LogP contribution in [0.4, 0.5) is 0 Å². The molecule has 4 atom stereocenters. The van der Waals surface area contributed by atoms with E-state index in [0.29, 0.717) is 17.9 Å². The summed E-state index contributed by atoms with van der Waals surface area (Å²) >= 11 is 0. The summed E-state index contributed by atoms with van der Waals surface area (Å²) in [4.78, 5) is 7.32. The molecule has 21 heavy (non-hydrogen) atoms. The largest absolute Gasteiger partial charge is 0.339 e. The number of hydrogen-bond acceptors (Lipinski definition) is 5. The highest BCUT2D eigenvalue weighted by Crippen LogP contribution is 2.41. The van der Waals surface area contributed by atoms with E-state index in [1.54, 1.807) is 0 Å². The molecule has 2 aliphatic heterocycles. The number of nitrogens with two attached hydrogens (primary N) is 1. The van der Waals surface area contributed by atoms with Gasteiger partial charge in [0.15, 0.2) is 5.82 Å². The summed E-state index contributed by atoms with van der Waals surface area (Å²) in [5, 5.41) is 4.32. The molecule has 4 rings (SSSR count). The van der Waals surface area contributed by atoms with Crippen LogP contribution in [0.25, 0.3) is 0 Å². The fraction of sp³-hybridized carbons (Fsp3) is 0.875. The molecule has 3 heterocycles. The highest BCUT2D eigenvalue weighted by atomic mass is 16.5. The molecule has 4 unspecified atom stereocenters. The number of aromatic nitrogens is 2. The van der Waals surface area contributed by atoms with Gasteiger partial charge < -0.3 is 15.2 Å². The summed E-state index contributed by atoms with van der Waals surface area (Å²) in [6, 6.07) is 1.75. The molecule has 2 N–H and O–H groups in total. The first-order chi connectivity index (χ1) is 10.2. The van der Waals surface area contributed by atoms with Crippen molar-refractivity contribution in [3.63, 3.8) is 0 Å². The summed E-state index contributed by atoms with van der Waals surface area (Å²) < 4.78 is 5.59. The third kappa shape index (κ3) is 2.50. The Morgan fingerprint density at radius 3 is 2.52 bits per heavy atom. The molecular formula is C16H26N4O. The molecular weight excluding hydrogens is 264 g/mol. The Morgan fingerprint density at radius 2 is 1.81 bits per heavy atom. The smallest absolute Gasteiger partial charge is 0.229 e. The molecule has 2 bridgehead atoms. The highest BCUT2D eigenvalue weighted by molar-refractivity contribution is 5.07. The van der Waals surface area contributed by atoms with E-state index in [4.69, 9.17) is 15.2 Å². The lowest BCUT2D eigenvalue weighted by Crippen LogP contribution is -2.39. The van der Waals surface area contributed by atoms with Gasteiger partial charge in [0.1, 0.15) is 0 Å². The topological polar surface area (TPSA) is 68.2 Å². The zero-order chi connectivity index (χ0) is 14.4. The normalized spacial score (nSPS) is 40.6. The molecule has 1 aliphatic carbocycles. The summed E-state index contributed by atoms with van der Waals surface area (Å²) in [7, 11) is 2.27. The van der Waals surface area contributed by atoms with Crippen LogP contribution in [0.1, 0.15) is 74.9 Å². The molecule has 1 aromatic rings. The summed E-state index contributed by atoms with van der Waals surface area (Å²) in [5.74, 6) is 2.67. The van der Waals surface area contributed by atoms with Crippen molar-refractivity contribution in [2.75, 3.05) is 7.05 Å². The lowest BCUT2D eigenvalue weighted by Gasteiger charge is -2.34. The molecule has 0 radical (unpaired) electrons. The van der Waals surface area contributed by atoms with Gasteiger partial charge in [-0.15, -0.1) is 0 Å². The van der Waals surface area contributed by atoms with Crippen LogP contribution in [-0.2, 0) is 0 Å². The van der Waals surface area contributed by atoms with Gasteiger partial charge in [-0.1, -0.05) is 11.6 Å². The third-order valence-corrected chi connectivity index (χ3v) is 5.98. The number of hydrogen-bond donors (Lipinski definition) is 1. The second-order valence-electron chi connectivity index (χ2n) is 7.33. The van der Waals surface area contributed by atoms with Crippen LogP contribution in [0.5, 0.6) is 0 Å². The molecule has 5 heteroatoms. The van der Waals surface area contributed by atoms with Crippen molar-refractivity contribution in [2.24, 2.45) is 5.73 Å². The zero-order valence-corrected chi connectivity index (χ0v) is 12.9. The van der Waals surface area contributed by atoms with Crippen molar-refractivity contribution in [3.8, 4) is 0 Å². The quantitative estimate of drug-likeness (QED) is 0.905. The average Bonchev–Trinajstić information content (AvgIpc) is 3.02. The Hall–Kier alpha value is -0.940. The van der Waals surface area contributed by atoms with Gasteiger partial charge in [-0.3, -0.25) is 0 Å². The molecule has 116 valence electrons. The molecule has 1 aromatic heterocycles. The van der Waals surface area contributed by atoms with Crippen LogP contribution in [0.15, 0.2) is 4.52 Å². The minimum atomic E-state index is 0.304. The van der Waals surface area contributed by atoms with Gasteiger partial charge in [0.05, 0.1) is 0 Å². The molecule has 5 nitrogen and oxygen atoms in total. The Kier molecular flexibility index (Phi) is 3.50. The lowest BCUT2D eigenvalue weighted by molar-refractivity contribution is 0.157. The van der Waals surface area contributed by atoms with Crippen molar-refractivity contribution < 1.29 is 4.52 Å². The van der Waals surface area contributed by atoms with Crippen LogP contribution in [0.3, 0.4) is 0 Å². The van der Waals surface area contributed by atoms with E-state index in [2.05, 4.69) is 17.1 Å². The van der Waals surface area contributed by atoms with Crippen LogP contribution in [0.2, 0.25) is 0 Å². The summed E-state index contributed by atoms with van der Waals surface area (Å²) in [6.45, 7) is 0. The summed E-state index contributed by atoms with van der Waals surface area (Å²) in [6.07, 6.45) is 9.51. The minimum absolute atomic E-state index is 0.304. The SMILES string of the molecule is CN1C2CCC1CC(c1noc(C3CCCC(N)C3)n1)C2. The maximum atomic E-state index is 6.08. The Labute approximate surface area is 126 Å². The van der Waals surface area contributed by atoms with Gasteiger partial charge in [0.25, 0.3) is 0 Å². The van der Waals surface area contributed by atoms with Gasteiger partial charge in [0, 0.05) is 30.0 Å². The zero-order valence-electron chi connectivity index (χ0n) is 12.9. The van der Waals surface area contributed by atoms with E-state index < -0.39 is 0 Å². The first-order valence-electron chi connectivity index (χ1n) is 8.51. The third-order valence-electron chi connectivity index (χ3n) is 5.98. The maximum Gasteiger partial charge on any atom is 0.229 e.